The third-order valence-electron chi connectivity index (χ3n) is 9.01. The van der Waals surface area contributed by atoms with E-state index in [-0.39, 0.29) is 85.7 Å². The van der Waals surface area contributed by atoms with Gasteiger partial charge in [0.2, 0.25) is 0 Å². The number of furan rings is 1. The molecule has 0 aliphatic carbocycles. The summed E-state index contributed by atoms with van der Waals surface area (Å²) in [6.45, 7) is 0. The van der Waals surface area contributed by atoms with Gasteiger partial charge < -0.3 is 4.42 Å². The van der Waals surface area contributed by atoms with Crippen molar-refractivity contribution in [3.63, 3.8) is 0 Å². The average molecular weight is 610 g/mol. The van der Waals surface area contributed by atoms with E-state index >= 15 is 0 Å². The fraction of sp³-hybridized carbons (Fsp3) is 0. The Labute approximate surface area is 290 Å². The molecule has 0 unspecified atom stereocenters. The molecule has 0 N–H and O–H groups in total. The summed E-state index contributed by atoms with van der Waals surface area (Å²) in [5.41, 5.74) is 1.81. The molecule has 0 aliphatic heterocycles. The van der Waals surface area contributed by atoms with E-state index in [1.807, 2.05) is 54.6 Å². The Kier molecular flexibility index (Phi) is 3.55. The molecular formula is C46H28O. The Morgan fingerprint density at radius 2 is 0.957 bits per heavy atom. The molecule has 0 saturated heterocycles. The molecule has 10 rings (SSSR count). The Hall–Kier alpha value is -6.18. The van der Waals surface area contributed by atoms with Crippen LogP contribution >= 0.6 is 0 Å². The maximum atomic E-state index is 9.40. The number of hydrogen-bond acceptors (Lipinski definition) is 1. The average Bonchev–Trinajstić information content (AvgIpc) is 3.62. The molecule has 1 heterocycles. The van der Waals surface area contributed by atoms with E-state index < -0.39 is 42.3 Å². The molecule has 47 heavy (non-hydrogen) atoms. The van der Waals surface area contributed by atoms with Crippen molar-refractivity contribution in [3.05, 3.63) is 170 Å². The summed E-state index contributed by atoms with van der Waals surface area (Å²) in [6.07, 6.45) is -0.352. The van der Waals surface area contributed by atoms with E-state index in [4.69, 9.17) is 16.8 Å². The van der Waals surface area contributed by atoms with Gasteiger partial charge in [-0.25, -0.2) is 0 Å². The second kappa shape index (κ2) is 10.2. The molecule has 1 nitrogen and oxygen atoms in total. The third kappa shape index (κ3) is 3.97. The van der Waals surface area contributed by atoms with Crippen LogP contribution in [-0.2, 0) is 0 Å². The predicted octanol–water partition coefficient (Wildman–Crippen LogP) is 13.2. The van der Waals surface area contributed by atoms with Crippen LogP contribution in [0, 0.1) is 0 Å². The fourth-order valence-electron chi connectivity index (χ4n) is 6.91. The molecule has 0 saturated carbocycles. The first-order valence-corrected chi connectivity index (χ1v) is 15.1. The van der Waals surface area contributed by atoms with E-state index in [0.29, 0.717) is 27.5 Å². The summed E-state index contributed by atoms with van der Waals surface area (Å²) in [5.74, 6) is 0. The van der Waals surface area contributed by atoms with Crippen molar-refractivity contribution in [1.29, 1.82) is 0 Å². The normalized spacial score (nSPS) is 15.7. The number of fused-ring (bicyclic) bond motifs is 7. The van der Waals surface area contributed by atoms with Crippen LogP contribution in [0.25, 0.3) is 98.2 Å². The molecule has 218 valence electrons. The highest BCUT2D eigenvalue weighted by atomic mass is 16.3. The number of para-hydroxylation sites is 1. The smallest absolute Gasteiger partial charge is 0.134 e. The minimum atomic E-state index is -0.508. The third-order valence-corrected chi connectivity index (χ3v) is 9.01. The lowest BCUT2D eigenvalue weighted by Gasteiger charge is -2.18. The molecule has 10 aromatic rings. The van der Waals surface area contributed by atoms with Gasteiger partial charge in [0, 0.05) is 10.9 Å². The van der Waals surface area contributed by atoms with Crippen molar-refractivity contribution in [3.8, 4) is 33.4 Å². The summed E-state index contributed by atoms with van der Waals surface area (Å²) in [4.78, 5) is 0. The standard InChI is InChI=1S/C46H28O/c1-2-12-34-29(10-1)20-21-30-22-23-33(27-42(30)34)46-40-16-5-3-14-38(40)45(39-15-4-6-17-41(39)46)32-24-25-35-31(26-32)11-9-18-36(35)43-28-47-44-19-8-7-13-37(43)44/h1-28H/i3D,4D,5D,6D,7D,8D,13D,14D,15D,16D,17D,19D,28D. The highest BCUT2D eigenvalue weighted by Gasteiger charge is 2.18. The molecule has 0 amide bonds. The van der Waals surface area contributed by atoms with Gasteiger partial charge in [0.15, 0.2) is 0 Å². The van der Waals surface area contributed by atoms with Crippen LogP contribution in [0.4, 0.5) is 0 Å². The molecule has 0 spiro atoms. The number of hydrogen-bond donors (Lipinski definition) is 0. The van der Waals surface area contributed by atoms with Gasteiger partial charge in [0.25, 0.3) is 0 Å². The van der Waals surface area contributed by atoms with E-state index in [9.17, 15) is 5.48 Å². The second-order valence-electron chi connectivity index (χ2n) is 11.5. The predicted molar refractivity (Wildman–Crippen MR) is 200 cm³/mol. The van der Waals surface area contributed by atoms with Crippen LogP contribution in [0.3, 0.4) is 0 Å². The van der Waals surface area contributed by atoms with Gasteiger partial charge in [-0.2, -0.15) is 0 Å². The van der Waals surface area contributed by atoms with Gasteiger partial charge in [-0.15, -0.1) is 0 Å². The van der Waals surface area contributed by atoms with E-state index in [0.717, 1.165) is 21.5 Å². The molecule has 0 radical (unpaired) electrons. The number of benzene rings is 9. The Balaban J connectivity index is 1.34. The van der Waals surface area contributed by atoms with E-state index in [2.05, 4.69) is 0 Å². The molecule has 0 bridgehead atoms. The van der Waals surface area contributed by atoms with Crippen LogP contribution < -0.4 is 0 Å². The molecule has 1 aromatic heterocycles. The van der Waals surface area contributed by atoms with Gasteiger partial charge in [-0.3, -0.25) is 0 Å². The fourth-order valence-corrected chi connectivity index (χ4v) is 6.91. The summed E-state index contributed by atoms with van der Waals surface area (Å²) < 4.78 is 121. The molecule has 9 aromatic carbocycles. The summed E-state index contributed by atoms with van der Waals surface area (Å²) in [5, 5.41) is 5.27. The van der Waals surface area contributed by atoms with Crippen LogP contribution in [0.1, 0.15) is 17.8 Å². The van der Waals surface area contributed by atoms with Gasteiger partial charge in [-0.05, 0) is 99.9 Å². The Morgan fingerprint density at radius 3 is 1.70 bits per heavy atom. The zero-order valence-corrected chi connectivity index (χ0v) is 24.6. The van der Waals surface area contributed by atoms with Gasteiger partial charge in [0.1, 0.15) is 6.95 Å². The molecule has 0 atom stereocenters. The minimum Gasteiger partial charge on any atom is -0.464 e. The zero-order valence-electron chi connectivity index (χ0n) is 37.6. The topological polar surface area (TPSA) is 13.1 Å². The van der Waals surface area contributed by atoms with Gasteiger partial charge >= 0.3 is 0 Å². The molecule has 0 fully saturated rings. The van der Waals surface area contributed by atoms with Crippen LogP contribution in [0.5, 0.6) is 0 Å². The monoisotopic (exact) mass is 609 g/mol. The maximum Gasteiger partial charge on any atom is 0.134 e. The first-order chi connectivity index (χ1) is 28.7. The summed E-state index contributed by atoms with van der Waals surface area (Å²) in [6, 6.07) is 22.7. The SMILES string of the molecule is [2H]c1oc2c([2H])c([2H])c([2H])c([2H])c2c1-c1cccc2cc(-c3c4c([2H])c([2H])c([2H])c([2H])c4c(-c4ccc5ccc6ccccc6c5c4)c4c([2H])c([2H])c([2H])c([2H])c34)ccc12. The molecular weight excluding hydrogens is 569 g/mol. The maximum absolute atomic E-state index is 9.40. The lowest BCUT2D eigenvalue weighted by molar-refractivity contribution is 0.617. The van der Waals surface area contributed by atoms with Crippen LogP contribution in [-0.4, -0.2) is 0 Å². The van der Waals surface area contributed by atoms with Crippen molar-refractivity contribution in [2.45, 2.75) is 0 Å². The van der Waals surface area contributed by atoms with Crippen molar-refractivity contribution in [2.24, 2.45) is 0 Å². The summed E-state index contributed by atoms with van der Waals surface area (Å²) in [7, 11) is 0. The Morgan fingerprint density at radius 1 is 0.383 bits per heavy atom. The van der Waals surface area contributed by atoms with E-state index in [1.165, 1.54) is 0 Å². The van der Waals surface area contributed by atoms with Gasteiger partial charge in [-0.1, -0.05) is 145 Å². The van der Waals surface area contributed by atoms with Crippen LogP contribution in [0.15, 0.2) is 174 Å². The zero-order chi connectivity index (χ0) is 42.2. The van der Waals surface area contributed by atoms with Crippen LogP contribution in [0.2, 0.25) is 0 Å². The van der Waals surface area contributed by atoms with Crippen molar-refractivity contribution in [1.82, 2.24) is 0 Å². The summed E-state index contributed by atoms with van der Waals surface area (Å²) >= 11 is 0. The number of rotatable bonds is 3. The van der Waals surface area contributed by atoms with E-state index in [1.54, 1.807) is 36.4 Å². The van der Waals surface area contributed by atoms with Crippen molar-refractivity contribution < 1.29 is 22.2 Å². The highest BCUT2D eigenvalue weighted by Crippen LogP contribution is 2.45. The lowest BCUT2D eigenvalue weighted by atomic mass is 9.84. The first-order valence-electron chi connectivity index (χ1n) is 21.6. The highest BCUT2D eigenvalue weighted by molar-refractivity contribution is 6.23. The quantitative estimate of drug-likeness (QED) is 0.143. The van der Waals surface area contributed by atoms with Crippen molar-refractivity contribution in [2.75, 3.05) is 0 Å². The lowest BCUT2D eigenvalue weighted by Crippen LogP contribution is -1.91. The minimum absolute atomic E-state index is 0.0591. The van der Waals surface area contributed by atoms with Crippen molar-refractivity contribution >= 4 is 64.8 Å². The van der Waals surface area contributed by atoms with Gasteiger partial charge in [0.05, 0.1) is 22.7 Å². The molecule has 1 heteroatoms. The Bertz CT molecular complexity index is 3510. The largest absolute Gasteiger partial charge is 0.464 e. The second-order valence-corrected chi connectivity index (χ2v) is 11.5. The first kappa shape index (κ1) is 16.4. The molecule has 0 aliphatic rings.